The first-order chi connectivity index (χ1) is 11.9. The molecule has 0 aliphatic carbocycles. The molecule has 1 N–H and O–H groups in total. The van der Waals surface area contributed by atoms with E-state index in [0.29, 0.717) is 23.7 Å². The number of benzene rings is 1. The molecule has 25 heavy (non-hydrogen) atoms. The van der Waals surface area contributed by atoms with E-state index in [9.17, 15) is 9.59 Å². The van der Waals surface area contributed by atoms with E-state index >= 15 is 0 Å². The highest BCUT2D eigenvalue weighted by Crippen LogP contribution is 2.17. The van der Waals surface area contributed by atoms with E-state index in [1.54, 1.807) is 40.5 Å². The van der Waals surface area contributed by atoms with E-state index in [2.05, 4.69) is 5.32 Å². The molecule has 1 aromatic heterocycles. The molecule has 1 atom stereocenters. The number of hydrogen-bond acceptors (Lipinski definition) is 3. The maximum absolute atomic E-state index is 13.0. The van der Waals surface area contributed by atoms with Gasteiger partial charge in [0.25, 0.3) is 5.91 Å². The van der Waals surface area contributed by atoms with Crippen LogP contribution in [0.2, 0.25) is 5.02 Å². The lowest BCUT2D eigenvalue weighted by Crippen LogP contribution is -2.51. The number of likely N-dealkylation sites (N-methyl/N-ethyl adjacent to an activating group) is 1. The van der Waals surface area contributed by atoms with Crippen molar-refractivity contribution in [2.75, 3.05) is 6.54 Å². The molecule has 0 aliphatic heterocycles. The molecule has 1 unspecified atom stereocenters. The Balaban J connectivity index is 2.14. The summed E-state index contributed by atoms with van der Waals surface area (Å²) in [5.41, 5.74) is 0.379. The van der Waals surface area contributed by atoms with E-state index in [4.69, 9.17) is 11.6 Å². The van der Waals surface area contributed by atoms with Gasteiger partial charge in [-0.3, -0.25) is 9.59 Å². The quantitative estimate of drug-likeness (QED) is 0.784. The van der Waals surface area contributed by atoms with Gasteiger partial charge in [0.1, 0.15) is 6.04 Å². The molecule has 6 heteroatoms. The Morgan fingerprint density at radius 1 is 1.20 bits per heavy atom. The van der Waals surface area contributed by atoms with Crippen LogP contribution in [0.25, 0.3) is 0 Å². The molecule has 2 rings (SSSR count). The van der Waals surface area contributed by atoms with Gasteiger partial charge in [-0.25, -0.2) is 0 Å². The van der Waals surface area contributed by atoms with E-state index in [1.165, 1.54) is 0 Å². The Morgan fingerprint density at radius 2 is 1.92 bits per heavy atom. The number of thiophene rings is 1. The maximum Gasteiger partial charge on any atom is 0.253 e. The van der Waals surface area contributed by atoms with Gasteiger partial charge in [-0.05, 0) is 36.4 Å². The van der Waals surface area contributed by atoms with Gasteiger partial charge in [0.15, 0.2) is 0 Å². The van der Waals surface area contributed by atoms with Crippen molar-refractivity contribution in [3.8, 4) is 0 Å². The van der Waals surface area contributed by atoms with Crippen LogP contribution >= 0.6 is 22.9 Å². The summed E-state index contributed by atoms with van der Waals surface area (Å²) in [7, 11) is 0. The number of nitrogens with one attached hydrogen (secondary N) is 1. The molecule has 4 nitrogen and oxygen atoms in total. The van der Waals surface area contributed by atoms with Gasteiger partial charge in [-0.1, -0.05) is 43.6 Å². The highest BCUT2D eigenvalue weighted by atomic mass is 35.5. The van der Waals surface area contributed by atoms with Crippen molar-refractivity contribution in [2.24, 2.45) is 5.92 Å². The number of hydrogen-bond donors (Lipinski definition) is 1. The summed E-state index contributed by atoms with van der Waals surface area (Å²) in [6.07, 6.45) is 0. The fourth-order valence-corrected chi connectivity index (χ4v) is 3.45. The lowest BCUT2D eigenvalue weighted by molar-refractivity contribution is -0.134. The van der Waals surface area contributed by atoms with Crippen molar-refractivity contribution >= 4 is 34.8 Å². The fraction of sp³-hybridized carbons (Fsp3) is 0.368. The van der Waals surface area contributed by atoms with E-state index < -0.39 is 6.04 Å². The van der Waals surface area contributed by atoms with Gasteiger partial charge >= 0.3 is 0 Å². The Bertz CT molecular complexity index is 716. The monoisotopic (exact) mass is 378 g/mol. The molecule has 134 valence electrons. The van der Waals surface area contributed by atoms with Crippen molar-refractivity contribution in [2.45, 2.75) is 33.4 Å². The minimum atomic E-state index is -0.594. The molecule has 2 aromatic rings. The Labute approximate surface area is 157 Å². The zero-order valence-electron chi connectivity index (χ0n) is 14.7. The first-order valence-electron chi connectivity index (χ1n) is 8.30. The number of halogens is 1. The van der Waals surface area contributed by atoms with Gasteiger partial charge in [-0.2, -0.15) is 0 Å². The van der Waals surface area contributed by atoms with Gasteiger partial charge < -0.3 is 10.2 Å². The number of rotatable bonds is 7. The van der Waals surface area contributed by atoms with Gasteiger partial charge in [0.2, 0.25) is 5.91 Å². The zero-order valence-corrected chi connectivity index (χ0v) is 16.2. The van der Waals surface area contributed by atoms with Gasteiger partial charge in [0.05, 0.1) is 17.1 Å². The van der Waals surface area contributed by atoms with E-state index in [-0.39, 0.29) is 17.7 Å². The van der Waals surface area contributed by atoms with Crippen LogP contribution in [0.15, 0.2) is 41.8 Å². The van der Waals surface area contributed by atoms with Crippen LogP contribution < -0.4 is 5.32 Å². The summed E-state index contributed by atoms with van der Waals surface area (Å²) in [6.45, 7) is 6.93. The smallest absolute Gasteiger partial charge is 0.253 e. The normalized spacial score (nSPS) is 12.0. The Hall–Kier alpha value is -1.85. The molecule has 1 heterocycles. The SMILES string of the molecule is CCN(Cc1cccs1)C(=O)C(NC(=O)c1ccccc1Cl)C(C)C. The molecule has 0 saturated carbocycles. The first kappa shape index (κ1) is 19.5. The van der Waals surface area contributed by atoms with Crippen molar-refractivity contribution in [1.29, 1.82) is 0 Å². The van der Waals surface area contributed by atoms with Crippen LogP contribution in [0.5, 0.6) is 0 Å². The number of carbonyl (C=O) groups is 2. The van der Waals surface area contributed by atoms with Crippen LogP contribution in [-0.2, 0) is 11.3 Å². The van der Waals surface area contributed by atoms with Crippen LogP contribution in [0.4, 0.5) is 0 Å². The average molecular weight is 379 g/mol. The molecule has 0 spiro atoms. The van der Waals surface area contributed by atoms with Crippen LogP contribution in [-0.4, -0.2) is 29.3 Å². The first-order valence-corrected chi connectivity index (χ1v) is 9.56. The predicted octanol–water partition coefficient (Wildman–Crippen LogP) is 4.20. The topological polar surface area (TPSA) is 49.4 Å². The number of amides is 2. The van der Waals surface area contributed by atoms with Crippen LogP contribution in [0.3, 0.4) is 0 Å². The summed E-state index contributed by atoms with van der Waals surface area (Å²) in [6, 6.07) is 10.2. The van der Waals surface area contributed by atoms with Crippen molar-refractivity contribution < 1.29 is 9.59 Å². The lowest BCUT2D eigenvalue weighted by atomic mass is 10.0. The molecule has 1 aromatic carbocycles. The van der Waals surface area contributed by atoms with Crippen LogP contribution in [0, 0.1) is 5.92 Å². The van der Waals surface area contributed by atoms with Crippen molar-refractivity contribution in [3.05, 3.63) is 57.2 Å². The molecule has 0 saturated heterocycles. The summed E-state index contributed by atoms with van der Waals surface area (Å²) >= 11 is 7.71. The molecule has 0 radical (unpaired) electrons. The Morgan fingerprint density at radius 3 is 2.48 bits per heavy atom. The second-order valence-corrected chi connectivity index (χ2v) is 7.55. The van der Waals surface area contributed by atoms with E-state index in [1.807, 2.05) is 38.3 Å². The lowest BCUT2D eigenvalue weighted by Gasteiger charge is -2.29. The third kappa shape index (κ3) is 5.06. The van der Waals surface area contributed by atoms with Crippen molar-refractivity contribution in [3.63, 3.8) is 0 Å². The van der Waals surface area contributed by atoms with Gasteiger partial charge in [0, 0.05) is 11.4 Å². The molecule has 0 aliphatic rings. The molecule has 2 amide bonds. The molecule has 0 bridgehead atoms. The minimum Gasteiger partial charge on any atom is -0.340 e. The molecular formula is C19H23ClN2O2S. The maximum atomic E-state index is 13.0. The average Bonchev–Trinajstić information content (AvgIpc) is 3.10. The zero-order chi connectivity index (χ0) is 18.4. The molecule has 0 fully saturated rings. The number of nitrogens with zero attached hydrogens (tertiary/aromatic N) is 1. The van der Waals surface area contributed by atoms with E-state index in [0.717, 1.165) is 4.88 Å². The fourth-order valence-electron chi connectivity index (χ4n) is 2.51. The highest BCUT2D eigenvalue weighted by Gasteiger charge is 2.29. The molecular weight excluding hydrogens is 356 g/mol. The Kier molecular flexibility index (Phi) is 7.02. The third-order valence-corrected chi connectivity index (χ3v) is 5.15. The summed E-state index contributed by atoms with van der Waals surface area (Å²) in [4.78, 5) is 28.4. The van der Waals surface area contributed by atoms with Gasteiger partial charge in [-0.15, -0.1) is 11.3 Å². The standard InChI is InChI=1S/C19H23ClN2O2S/c1-4-22(12-14-8-7-11-25-14)19(24)17(13(2)3)21-18(23)15-9-5-6-10-16(15)20/h5-11,13,17H,4,12H2,1-3H3,(H,21,23). The minimum absolute atomic E-state index is 0.0312. The number of carbonyl (C=O) groups excluding carboxylic acids is 2. The largest absolute Gasteiger partial charge is 0.340 e. The summed E-state index contributed by atoms with van der Waals surface area (Å²) in [5, 5.41) is 5.23. The predicted molar refractivity (Wildman–Crippen MR) is 103 cm³/mol. The van der Waals surface area contributed by atoms with Crippen molar-refractivity contribution in [1.82, 2.24) is 10.2 Å². The second-order valence-electron chi connectivity index (χ2n) is 6.11. The second kappa shape index (κ2) is 9.02. The summed E-state index contributed by atoms with van der Waals surface area (Å²) in [5.74, 6) is -0.438. The van der Waals surface area contributed by atoms with Crippen LogP contribution in [0.1, 0.15) is 36.0 Å². The summed E-state index contributed by atoms with van der Waals surface area (Å²) < 4.78 is 0. The third-order valence-electron chi connectivity index (χ3n) is 3.96. The highest BCUT2D eigenvalue weighted by molar-refractivity contribution is 7.09.